The molecule has 0 radical (unpaired) electrons. The maximum Gasteiger partial charge on any atom is 0.407 e. The third-order valence-corrected chi connectivity index (χ3v) is 3.00. The van der Waals surface area contributed by atoms with Gasteiger partial charge in [-0.05, 0) is 24.8 Å². The fourth-order valence-electron chi connectivity index (χ4n) is 1.60. The van der Waals surface area contributed by atoms with Crippen molar-refractivity contribution in [3.63, 3.8) is 0 Å². The first kappa shape index (κ1) is 11.9. The summed E-state index contributed by atoms with van der Waals surface area (Å²) in [7, 11) is 0. The normalized spacial score (nSPS) is 16.3. The lowest BCUT2D eigenvalue weighted by Gasteiger charge is -2.10. The fourth-order valence-corrected chi connectivity index (χ4v) is 1.60. The molecule has 1 aromatic rings. The standard InChI is InChI=1S/C13H18N2O2/c14-13(6-7-13)8-9-15-12(16)17-10-11-4-2-1-3-5-11/h1-5H,6-10,14H2,(H,15,16). The predicted octanol–water partition coefficient (Wildman–Crippen LogP) is 1.79. The van der Waals surface area contributed by atoms with Gasteiger partial charge in [0.25, 0.3) is 0 Å². The average molecular weight is 234 g/mol. The highest BCUT2D eigenvalue weighted by molar-refractivity contribution is 5.67. The molecule has 0 unspecified atom stereocenters. The van der Waals surface area contributed by atoms with E-state index in [2.05, 4.69) is 5.32 Å². The number of hydrogen-bond donors (Lipinski definition) is 2. The van der Waals surface area contributed by atoms with Gasteiger partial charge in [-0.25, -0.2) is 4.79 Å². The summed E-state index contributed by atoms with van der Waals surface area (Å²) in [5.74, 6) is 0. The second-order valence-corrected chi connectivity index (χ2v) is 4.60. The highest BCUT2D eigenvalue weighted by atomic mass is 16.5. The lowest BCUT2D eigenvalue weighted by atomic mass is 10.2. The summed E-state index contributed by atoms with van der Waals surface area (Å²) in [6, 6.07) is 9.61. The summed E-state index contributed by atoms with van der Waals surface area (Å²) in [4.78, 5) is 11.3. The minimum Gasteiger partial charge on any atom is -0.445 e. The molecular formula is C13H18N2O2. The Morgan fingerprint density at radius 1 is 1.35 bits per heavy atom. The minimum atomic E-state index is -0.377. The van der Waals surface area contributed by atoms with Crippen LogP contribution in [0.5, 0.6) is 0 Å². The Kier molecular flexibility index (Phi) is 3.64. The molecule has 0 aromatic heterocycles. The molecule has 4 nitrogen and oxygen atoms in total. The van der Waals surface area contributed by atoms with Gasteiger partial charge in [0.05, 0.1) is 0 Å². The number of carbonyl (C=O) groups is 1. The van der Waals surface area contributed by atoms with Crippen molar-refractivity contribution in [1.29, 1.82) is 0 Å². The Hall–Kier alpha value is -1.55. The van der Waals surface area contributed by atoms with Gasteiger partial charge in [-0.2, -0.15) is 0 Å². The number of alkyl carbamates (subject to hydrolysis) is 1. The van der Waals surface area contributed by atoms with Crippen LogP contribution in [0.3, 0.4) is 0 Å². The Bertz CT molecular complexity index is 374. The topological polar surface area (TPSA) is 64.3 Å². The summed E-state index contributed by atoms with van der Waals surface area (Å²) in [5, 5.41) is 2.71. The average Bonchev–Trinajstić information content (AvgIpc) is 3.06. The van der Waals surface area contributed by atoms with Crippen LogP contribution in [0.15, 0.2) is 30.3 Å². The molecule has 0 bridgehead atoms. The number of benzene rings is 1. The first-order chi connectivity index (χ1) is 8.18. The lowest BCUT2D eigenvalue weighted by molar-refractivity contribution is 0.139. The SMILES string of the molecule is NC1(CCNC(=O)OCc2ccccc2)CC1. The van der Waals surface area contributed by atoms with Gasteiger partial charge in [0, 0.05) is 12.1 Å². The van der Waals surface area contributed by atoms with Crippen molar-refractivity contribution in [1.82, 2.24) is 5.32 Å². The molecule has 0 atom stereocenters. The van der Waals surface area contributed by atoms with Gasteiger partial charge in [-0.15, -0.1) is 0 Å². The van der Waals surface area contributed by atoms with Gasteiger partial charge in [-0.1, -0.05) is 30.3 Å². The summed E-state index contributed by atoms with van der Waals surface area (Å²) >= 11 is 0. The van der Waals surface area contributed by atoms with Gasteiger partial charge in [0.15, 0.2) is 0 Å². The van der Waals surface area contributed by atoms with E-state index >= 15 is 0 Å². The van der Waals surface area contributed by atoms with Crippen LogP contribution in [0.25, 0.3) is 0 Å². The monoisotopic (exact) mass is 234 g/mol. The number of carbonyl (C=O) groups excluding carboxylic acids is 1. The van der Waals surface area contributed by atoms with Gasteiger partial charge >= 0.3 is 6.09 Å². The van der Waals surface area contributed by atoms with E-state index in [4.69, 9.17) is 10.5 Å². The van der Waals surface area contributed by atoms with Crippen LogP contribution in [-0.2, 0) is 11.3 Å². The molecule has 1 aromatic carbocycles. The van der Waals surface area contributed by atoms with Crippen LogP contribution in [0, 0.1) is 0 Å². The fraction of sp³-hybridized carbons (Fsp3) is 0.462. The second-order valence-electron chi connectivity index (χ2n) is 4.60. The lowest BCUT2D eigenvalue weighted by Crippen LogP contribution is -2.31. The van der Waals surface area contributed by atoms with E-state index in [1.54, 1.807) is 0 Å². The Balaban J connectivity index is 1.61. The molecule has 3 N–H and O–H groups in total. The maximum atomic E-state index is 11.3. The first-order valence-corrected chi connectivity index (χ1v) is 5.91. The third-order valence-electron chi connectivity index (χ3n) is 3.00. The van der Waals surface area contributed by atoms with E-state index in [1.807, 2.05) is 30.3 Å². The van der Waals surface area contributed by atoms with E-state index < -0.39 is 0 Å². The molecule has 1 amide bonds. The molecule has 0 heterocycles. The van der Waals surface area contributed by atoms with Crippen LogP contribution < -0.4 is 11.1 Å². The minimum absolute atomic E-state index is 0.0211. The zero-order valence-electron chi connectivity index (χ0n) is 9.82. The molecule has 92 valence electrons. The predicted molar refractivity (Wildman–Crippen MR) is 65.4 cm³/mol. The van der Waals surface area contributed by atoms with E-state index in [0.29, 0.717) is 13.2 Å². The molecule has 1 aliphatic carbocycles. The number of nitrogens with one attached hydrogen (secondary N) is 1. The van der Waals surface area contributed by atoms with E-state index in [0.717, 1.165) is 24.8 Å². The number of nitrogens with two attached hydrogens (primary N) is 1. The second kappa shape index (κ2) is 5.19. The summed E-state index contributed by atoms with van der Waals surface area (Å²) in [5.41, 5.74) is 6.87. The van der Waals surface area contributed by atoms with Crippen LogP contribution in [0.4, 0.5) is 4.79 Å². The van der Waals surface area contributed by atoms with Crippen LogP contribution in [0.2, 0.25) is 0 Å². The third kappa shape index (κ3) is 4.07. The van der Waals surface area contributed by atoms with Gasteiger partial charge in [0.1, 0.15) is 6.61 Å². The van der Waals surface area contributed by atoms with Crippen LogP contribution in [0.1, 0.15) is 24.8 Å². The number of rotatable bonds is 5. The number of ether oxygens (including phenoxy) is 1. The van der Waals surface area contributed by atoms with Gasteiger partial charge in [-0.3, -0.25) is 0 Å². The van der Waals surface area contributed by atoms with Crippen molar-refractivity contribution in [2.45, 2.75) is 31.4 Å². The molecule has 1 aliphatic rings. The van der Waals surface area contributed by atoms with Gasteiger partial charge in [0.2, 0.25) is 0 Å². The highest BCUT2D eigenvalue weighted by Gasteiger charge is 2.37. The van der Waals surface area contributed by atoms with E-state index in [9.17, 15) is 4.79 Å². The molecule has 17 heavy (non-hydrogen) atoms. The summed E-state index contributed by atoms with van der Waals surface area (Å²) in [6.45, 7) is 0.893. The van der Waals surface area contributed by atoms with Crippen molar-refractivity contribution in [3.8, 4) is 0 Å². The van der Waals surface area contributed by atoms with Gasteiger partial charge < -0.3 is 15.8 Å². The number of hydrogen-bond acceptors (Lipinski definition) is 3. The zero-order valence-corrected chi connectivity index (χ0v) is 9.82. The van der Waals surface area contributed by atoms with Crippen molar-refractivity contribution in [3.05, 3.63) is 35.9 Å². The molecule has 0 spiro atoms. The van der Waals surface area contributed by atoms with Crippen molar-refractivity contribution in [2.24, 2.45) is 5.73 Å². The van der Waals surface area contributed by atoms with Crippen molar-refractivity contribution >= 4 is 6.09 Å². The van der Waals surface area contributed by atoms with E-state index in [-0.39, 0.29) is 11.6 Å². The quantitative estimate of drug-likeness (QED) is 0.816. The Labute approximate surface area is 101 Å². The smallest absolute Gasteiger partial charge is 0.407 e. The number of amides is 1. The zero-order chi connectivity index (χ0) is 12.1. The Morgan fingerprint density at radius 3 is 2.71 bits per heavy atom. The molecule has 2 rings (SSSR count). The highest BCUT2D eigenvalue weighted by Crippen LogP contribution is 2.34. The maximum absolute atomic E-state index is 11.3. The molecular weight excluding hydrogens is 216 g/mol. The van der Waals surface area contributed by atoms with E-state index in [1.165, 1.54) is 0 Å². The first-order valence-electron chi connectivity index (χ1n) is 5.91. The molecule has 1 fully saturated rings. The van der Waals surface area contributed by atoms with Crippen molar-refractivity contribution < 1.29 is 9.53 Å². The molecule has 0 saturated heterocycles. The summed E-state index contributed by atoms with van der Waals surface area (Å²) < 4.78 is 5.07. The van der Waals surface area contributed by atoms with Crippen LogP contribution in [-0.4, -0.2) is 18.2 Å². The van der Waals surface area contributed by atoms with Crippen molar-refractivity contribution in [2.75, 3.05) is 6.54 Å². The molecule has 0 aliphatic heterocycles. The largest absolute Gasteiger partial charge is 0.445 e. The van der Waals surface area contributed by atoms with Crippen LogP contribution >= 0.6 is 0 Å². The molecule has 4 heteroatoms. The summed E-state index contributed by atoms with van der Waals surface area (Å²) in [6.07, 6.45) is 2.58. The Morgan fingerprint density at radius 2 is 2.06 bits per heavy atom. The molecule has 1 saturated carbocycles.